The highest BCUT2D eigenvalue weighted by atomic mass is 19.4. The lowest BCUT2D eigenvalue weighted by molar-refractivity contribution is -0.137. The number of carbonyl (C=O) groups excluding carboxylic acids is 2. The van der Waals surface area contributed by atoms with Gasteiger partial charge in [0.1, 0.15) is 6.61 Å². The predicted octanol–water partition coefficient (Wildman–Crippen LogP) is 4.24. The molecule has 2 rings (SSSR count). The summed E-state index contributed by atoms with van der Waals surface area (Å²) in [6.07, 6.45) is -4.42. The molecular weight excluding hydrogens is 337 g/mol. The Morgan fingerprint density at radius 2 is 1.40 bits per heavy atom. The average Bonchev–Trinajstić information content (AvgIpc) is 2.59. The minimum atomic E-state index is -4.42. The first-order valence-corrected chi connectivity index (χ1v) is 7.42. The molecule has 0 aliphatic heterocycles. The lowest BCUT2D eigenvalue weighted by Crippen LogP contribution is -2.14. The van der Waals surface area contributed by atoms with Crippen molar-refractivity contribution in [2.75, 3.05) is 6.61 Å². The highest BCUT2D eigenvalue weighted by molar-refractivity contribution is 6.03. The molecule has 2 aromatic carbocycles. The Bertz CT molecular complexity index is 752. The number of benzene rings is 2. The van der Waals surface area contributed by atoms with Crippen LogP contribution < -0.4 is 0 Å². The maximum absolute atomic E-state index is 12.5. The van der Waals surface area contributed by atoms with Crippen molar-refractivity contribution >= 4 is 11.9 Å². The van der Waals surface area contributed by atoms with E-state index in [0.29, 0.717) is 5.56 Å². The number of rotatable bonds is 5. The van der Waals surface area contributed by atoms with Crippen LogP contribution in [-0.4, -0.2) is 18.5 Å². The summed E-state index contributed by atoms with van der Waals surface area (Å²) in [6, 6.07) is 10.3. The quantitative estimate of drug-likeness (QED) is 0.756. The van der Waals surface area contributed by atoms with Crippen LogP contribution in [0, 0.1) is 0 Å². The Kier molecular flexibility index (Phi) is 5.80. The molecule has 0 amide bonds. The molecule has 2 aromatic rings. The van der Waals surface area contributed by atoms with Crippen LogP contribution in [0.4, 0.5) is 13.2 Å². The molecule has 0 radical (unpaired) electrons. The van der Waals surface area contributed by atoms with Crippen LogP contribution in [0.1, 0.15) is 38.8 Å². The normalized spacial score (nSPS) is 11.0. The van der Waals surface area contributed by atoms with Gasteiger partial charge in [0.25, 0.3) is 0 Å². The molecule has 0 spiro atoms. The van der Waals surface area contributed by atoms with E-state index in [1.807, 2.05) is 0 Å². The number of hydrogen-bond donors (Lipinski definition) is 0. The molecular formula is C18H15F3O4. The van der Waals surface area contributed by atoms with Crippen LogP contribution in [0.15, 0.2) is 48.5 Å². The molecule has 0 bridgehead atoms. The van der Waals surface area contributed by atoms with E-state index in [-0.39, 0.29) is 24.3 Å². The van der Waals surface area contributed by atoms with Gasteiger partial charge in [-0.05, 0) is 36.8 Å². The Labute approximate surface area is 142 Å². The summed E-state index contributed by atoms with van der Waals surface area (Å²) >= 11 is 0. The fourth-order valence-corrected chi connectivity index (χ4v) is 2.06. The number of esters is 2. The zero-order chi connectivity index (χ0) is 18.4. The first-order valence-electron chi connectivity index (χ1n) is 7.42. The lowest BCUT2D eigenvalue weighted by atomic mass is 10.1. The van der Waals surface area contributed by atoms with Crippen LogP contribution in [0.5, 0.6) is 0 Å². The highest BCUT2D eigenvalue weighted by Crippen LogP contribution is 2.29. The zero-order valence-electron chi connectivity index (χ0n) is 13.3. The maximum Gasteiger partial charge on any atom is 0.416 e. The SMILES string of the molecule is CCOC(=O)c1ccccc1C(=O)OCc1ccc(C(F)(F)F)cc1. The first-order chi connectivity index (χ1) is 11.8. The fourth-order valence-electron chi connectivity index (χ4n) is 2.06. The maximum atomic E-state index is 12.5. The van der Waals surface area contributed by atoms with Crippen LogP contribution in [0.25, 0.3) is 0 Å². The Morgan fingerprint density at radius 1 is 0.880 bits per heavy atom. The monoisotopic (exact) mass is 352 g/mol. The van der Waals surface area contributed by atoms with E-state index in [9.17, 15) is 22.8 Å². The molecule has 0 fully saturated rings. The molecule has 7 heteroatoms. The van der Waals surface area contributed by atoms with Crippen molar-refractivity contribution < 1.29 is 32.2 Å². The third-order valence-electron chi connectivity index (χ3n) is 3.29. The molecule has 0 atom stereocenters. The van der Waals surface area contributed by atoms with Gasteiger partial charge in [-0.15, -0.1) is 0 Å². The second kappa shape index (κ2) is 7.83. The topological polar surface area (TPSA) is 52.6 Å². The van der Waals surface area contributed by atoms with Gasteiger partial charge in [0.2, 0.25) is 0 Å². The number of halogens is 3. The summed E-state index contributed by atoms with van der Waals surface area (Å²) in [5.74, 6) is -1.41. The van der Waals surface area contributed by atoms with Gasteiger partial charge in [0, 0.05) is 0 Å². The standard InChI is InChI=1S/C18H15F3O4/c1-2-24-16(22)14-5-3-4-6-15(14)17(23)25-11-12-7-9-13(10-8-12)18(19,20)21/h3-10H,2,11H2,1H3. The molecule has 0 aliphatic carbocycles. The van der Waals surface area contributed by atoms with Crippen LogP contribution >= 0.6 is 0 Å². The van der Waals surface area contributed by atoms with E-state index >= 15 is 0 Å². The molecule has 0 saturated heterocycles. The fraction of sp³-hybridized carbons (Fsp3) is 0.222. The first kappa shape index (κ1) is 18.5. The van der Waals surface area contributed by atoms with E-state index in [4.69, 9.17) is 9.47 Å². The van der Waals surface area contributed by atoms with E-state index in [2.05, 4.69) is 0 Å². The summed E-state index contributed by atoms with van der Waals surface area (Å²) in [7, 11) is 0. The third kappa shape index (κ3) is 4.82. The molecule has 0 N–H and O–H groups in total. The van der Waals surface area contributed by atoms with E-state index in [1.54, 1.807) is 19.1 Å². The van der Waals surface area contributed by atoms with Gasteiger partial charge in [-0.2, -0.15) is 13.2 Å². The minimum absolute atomic E-state index is 0.0351. The van der Waals surface area contributed by atoms with Crippen molar-refractivity contribution in [3.05, 3.63) is 70.8 Å². The van der Waals surface area contributed by atoms with Gasteiger partial charge in [-0.25, -0.2) is 9.59 Å². The van der Waals surface area contributed by atoms with Gasteiger partial charge in [0.05, 0.1) is 23.3 Å². The molecule has 4 nitrogen and oxygen atoms in total. The summed E-state index contributed by atoms with van der Waals surface area (Å²) in [5, 5.41) is 0. The van der Waals surface area contributed by atoms with Gasteiger partial charge in [0.15, 0.2) is 0 Å². The molecule has 0 unspecified atom stereocenters. The van der Waals surface area contributed by atoms with E-state index in [1.165, 1.54) is 24.3 Å². The smallest absolute Gasteiger partial charge is 0.416 e. The largest absolute Gasteiger partial charge is 0.462 e. The zero-order valence-corrected chi connectivity index (χ0v) is 13.3. The number of ether oxygens (including phenoxy) is 2. The number of hydrogen-bond acceptors (Lipinski definition) is 4. The molecule has 0 aliphatic rings. The van der Waals surface area contributed by atoms with Crippen molar-refractivity contribution in [3.63, 3.8) is 0 Å². The third-order valence-corrected chi connectivity index (χ3v) is 3.29. The minimum Gasteiger partial charge on any atom is -0.462 e. The van der Waals surface area contributed by atoms with Gasteiger partial charge < -0.3 is 9.47 Å². The van der Waals surface area contributed by atoms with Crippen molar-refractivity contribution in [3.8, 4) is 0 Å². The van der Waals surface area contributed by atoms with Gasteiger partial charge in [-0.1, -0.05) is 24.3 Å². The number of carbonyl (C=O) groups is 2. The molecule has 0 aromatic heterocycles. The van der Waals surface area contributed by atoms with Crippen molar-refractivity contribution in [1.82, 2.24) is 0 Å². The summed E-state index contributed by atoms with van der Waals surface area (Å²) in [6.45, 7) is 1.59. The Hall–Kier alpha value is -2.83. The second-order valence-corrected chi connectivity index (χ2v) is 5.04. The summed E-state index contributed by atoms with van der Waals surface area (Å²) in [5.41, 5.74) is -0.278. The molecule has 132 valence electrons. The van der Waals surface area contributed by atoms with Crippen molar-refractivity contribution in [1.29, 1.82) is 0 Å². The summed E-state index contributed by atoms with van der Waals surface area (Å²) < 4.78 is 47.5. The highest BCUT2D eigenvalue weighted by Gasteiger charge is 2.30. The predicted molar refractivity (Wildman–Crippen MR) is 83.0 cm³/mol. The average molecular weight is 352 g/mol. The van der Waals surface area contributed by atoms with Gasteiger partial charge >= 0.3 is 18.1 Å². The van der Waals surface area contributed by atoms with Gasteiger partial charge in [-0.3, -0.25) is 0 Å². The Balaban J connectivity index is 2.07. The Morgan fingerprint density at radius 3 is 1.88 bits per heavy atom. The lowest BCUT2D eigenvalue weighted by Gasteiger charge is -2.10. The summed E-state index contributed by atoms with van der Waals surface area (Å²) in [4.78, 5) is 24.0. The van der Waals surface area contributed by atoms with E-state index in [0.717, 1.165) is 12.1 Å². The van der Waals surface area contributed by atoms with Crippen LogP contribution in [0.2, 0.25) is 0 Å². The number of alkyl halides is 3. The molecule has 25 heavy (non-hydrogen) atoms. The van der Waals surface area contributed by atoms with Crippen LogP contribution in [-0.2, 0) is 22.3 Å². The van der Waals surface area contributed by atoms with E-state index < -0.39 is 23.7 Å². The van der Waals surface area contributed by atoms with Crippen LogP contribution in [0.3, 0.4) is 0 Å². The molecule has 0 heterocycles. The second-order valence-electron chi connectivity index (χ2n) is 5.04. The van der Waals surface area contributed by atoms with Crippen molar-refractivity contribution in [2.24, 2.45) is 0 Å². The molecule has 0 saturated carbocycles. The van der Waals surface area contributed by atoms with Crippen molar-refractivity contribution in [2.45, 2.75) is 19.7 Å².